The normalized spacial score (nSPS) is 14.3. The first-order chi connectivity index (χ1) is 13.0. The van der Waals surface area contributed by atoms with Gasteiger partial charge < -0.3 is 20.7 Å². The molecule has 0 radical (unpaired) electrons. The molecule has 0 aliphatic rings. The van der Waals surface area contributed by atoms with Crippen LogP contribution in [-0.4, -0.2) is 35.7 Å². The standard InChI is InChI=1S/C21H28N4OS/c1-4-22-20(25-14-21(3,26)18-9-6-12-27-18)23-11-10-16-13-24-17-8-5-7-15(2)19(16)17/h5-9,12-13,24,26H,4,10-11,14H2,1-3H3,(H2,22,23,25). The van der Waals surface area contributed by atoms with Gasteiger partial charge in [0.2, 0.25) is 0 Å². The molecule has 144 valence electrons. The Balaban J connectivity index is 1.62. The minimum Gasteiger partial charge on any atom is -0.383 e. The molecule has 0 spiro atoms. The van der Waals surface area contributed by atoms with Crippen molar-refractivity contribution in [2.75, 3.05) is 19.6 Å². The van der Waals surface area contributed by atoms with E-state index in [0.717, 1.165) is 30.3 Å². The van der Waals surface area contributed by atoms with Crippen molar-refractivity contribution in [2.24, 2.45) is 4.99 Å². The number of rotatable bonds is 7. The lowest BCUT2D eigenvalue weighted by Gasteiger charge is -2.20. The van der Waals surface area contributed by atoms with E-state index in [1.165, 1.54) is 22.0 Å². The highest BCUT2D eigenvalue weighted by Gasteiger charge is 2.24. The number of hydrogen-bond donors (Lipinski definition) is 4. The molecule has 4 N–H and O–H groups in total. The largest absolute Gasteiger partial charge is 0.383 e. The van der Waals surface area contributed by atoms with E-state index in [4.69, 9.17) is 0 Å². The smallest absolute Gasteiger partial charge is 0.191 e. The molecule has 27 heavy (non-hydrogen) atoms. The summed E-state index contributed by atoms with van der Waals surface area (Å²) in [5.74, 6) is 0.728. The van der Waals surface area contributed by atoms with Crippen LogP contribution in [0.4, 0.5) is 0 Å². The summed E-state index contributed by atoms with van der Waals surface area (Å²) in [5, 5.41) is 20.6. The summed E-state index contributed by atoms with van der Waals surface area (Å²) >= 11 is 1.55. The average Bonchev–Trinajstić information content (AvgIpc) is 3.31. The van der Waals surface area contributed by atoms with Gasteiger partial charge in [-0.25, -0.2) is 4.99 Å². The first kappa shape index (κ1) is 19.5. The van der Waals surface area contributed by atoms with Gasteiger partial charge in [0.15, 0.2) is 5.96 Å². The molecule has 3 aromatic rings. The van der Waals surface area contributed by atoms with Crippen LogP contribution in [0.25, 0.3) is 10.9 Å². The second-order valence-corrected chi connectivity index (χ2v) is 7.88. The van der Waals surface area contributed by atoms with Crippen LogP contribution in [0, 0.1) is 6.92 Å². The van der Waals surface area contributed by atoms with Gasteiger partial charge in [-0.2, -0.15) is 0 Å². The zero-order chi connectivity index (χ0) is 19.3. The van der Waals surface area contributed by atoms with Gasteiger partial charge in [-0.3, -0.25) is 0 Å². The van der Waals surface area contributed by atoms with Crippen LogP contribution in [-0.2, 0) is 12.0 Å². The molecule has 0 saturated heterocycles. The third kappa shape index (κ3) is 4.70. The lowest BCUT2D eigenvalue weighted by Crippen LogP contribution is -2.39. The van der Waals surface area contributed by atoms with Crippen molar-refractivity contribution in [1.29, 1.82) is 0 Å². The number of aliphatic hydroxyl groups is 1. The van der Waals surface area contributed by atoms with E-state index in [0.29, 0.717) is 6.54 Å². The van der Waals surface area contributed by atoms with Crippen molar-refractivity contribution < 1.29 is 5.11 Å². The molecule has 6 heteroatoms. The highest BCUT2D eigenvalue weighted by atomic mass is 32.1. The van der Waals surface area contributed by atoms with Gasteiger partial charge in [-0.15, -0.1) is 11.3 Å². The summed E-state index contributed by atoms with van der Waals surface area (Å²) in [6, 6.07) is 10.2. The van der Waals surface area contributed by atoms with Crippen molar-refractivity contribution in [2.45, 2.75) is 32.8 Å². The van der Waals surface area contributed by atoms with Gasteiger partial charge in [0, 0.05) is 35.1 Å². The summed E-state index contributed by atoms with van der Waals surface area (Å²) < 4.78 is 0. The van der Waals surface area contributed by atoms with Gasteiger partial charge in [-0.1, -0.05) is 18.2 Å². The fourth-order valence-corrected chi connectivity index (χ4v) is 3.98. The molecule has 5 nitrogen and oxygen atoms in total. The number of aryl methyl sites for hydroxylation is 1. The van der Waals surface area contributed by atoms with Crippen LogP contribution >= 0.6 is 11.3 Å². The maximum absolute atomic E-state index is 10.7. The van der Waals surface area contributed by atoms with E-state index in [2.05, 4.69) is 51.9 Å². The lowest BCUT2D eigenvalue weighted by atomic mass is 10.1. The molecule has 0 aliphatic carbocycles. The predicted molar refractivity (Wildman–Crippen MR) is 115 cm³/mol. The number of H-pyrrole nitrogens is 1. The molecule has 0 fully saturated rings. The fraction of sp³-hybridized carbons (Fsp3) is 0.381. The van der Waals surface area contributed by atoms with Crippen molar-refractivity contribution >= 4 is 28.2 Å². The summed E-state index contributed by atoms with van der Waals surface area (Å²) in [7, 11) is 0. The average molecular weight is 385 g/mol. The molecular weight excluding hydrogens is 356 g/mol. The minimum atomic E-state index is -0.954. The molecule has 1 unspecified atom stereocenters. The molecule has 1 atom stereocenters. The van der Waals surface area contributed by atoms with Crippen molar-refractivity contribution in [1.82, 2.24) is 15.6 Å². The molecule has 0 amide bonds. The number of aromatic nitrogens is 1. The summed E-state index contributed by atoms with van der Waals surface area (Å²) in [6.07, 6.45) is 2.99. The third-order valence-electron chi connectivity index (χ3n) is 4.62. The summed E-state index contributed by atoms with van der Waals surface area (Å²) in [4.78, 5) is 8.86. The van der Waals surface area contributed by atoms with E-state index in [-0.39, 0.29) is 0 Å². The summed E-state index contributed by atoms with van der Waals surface area (Å²) in [5.41, 5.74) is 2.82. The predicted octanol–water partition coefficient (Wildman–Crippen LogP) is 3.54. The molecular formula is C21H28N4OS. The van der Waals surface area contributed by atoms with Gasteiger partial charge in [0.25, 0.3) is 0 Å². The Labute approximate surface area is 164 Å². The van der Waals surface area contributed by atoms with Crippen LogP contribution in [0.1, 0.15) is 29.9 Å². The van der Waals surface area contributed by atoms with Crippen molar-refractivity contribution in [3.05, 3.63) is 57.9 Å². The SMILES string of the molecule is CCNC(=NCC(C)(O)c1cccs1)NCCc1c[nH]c2cccc(C)c12. The van der Waals surface area contributed by atoms with E-state index < -0.39 is 5.60 Å². The first-order valence-corrected chi connectivity index (χ1v) is 10.2. The highest BCUT2D eigenvalue weighted by molar-refractivity contribution is 7.10. The maximum Gasteiger partial charge on any atom is 0.191 e. The molecule has 3 rings (SSSR count). The molecule has 1 aromatic carbocycles. The Kier molecular flexibility index (Phi) is 6.19. The second kappa shape index (κ2) is 8.59. The number of guanidine groups is 1. The fourth-order valence-electron chi connectivity index (χ4n) is 3.20. The van der Waals surface area contributed by atoms with Gasteiger partial charge in [-0.05, 0) is 55.8 Å². The molecule has 0 saturated carbocycles. The Bertz CT molecular complexity index is 896. The van der Waals surface area contributed by atoms with Crippen LogP contribution < -0.4 is 10.6 Å². The van der Waals surface area contributed by atoms with Gasteiger partial charge in [0.05, 0.1) is 6.54 Å². The Hall–Kier alpha value is -2.31. The number of nitrogens with one attached hydrogen (secondary N) is 3. The second-order valence-electron chi connectivity index (χ2n) is 6.93. The Morgan fingerprint density at radius 2 is 2.11 bits per heavy atom. The quantitative estimate of drug-likeness (QED) is 0.372. The van der Waals surface area contributed by atoms with E-state index >= 15 is 0 Å². The number of benzene rings is 1. The molecule has 0 aliphatic heterocycles. The number of aromatic amines is 1. The molecule has 0 bridgehead atoms. The van der Waals surface area contributed by atoms with Gasteiger partial charge >= 0.3 is 0 Å². The number of nitrogens with zero attached hydrogens (tertiary/aromatic N) is 1. The zero-order valence-electron chi connectivity index (χ0n) is 16.2. The Morgan fingerprint density at radius 1 is 1.26 bits per heavy atom. The molecule has 2 heterocycles. The molecule has 2 aromatic heterocycles. The van der Waals surface area contributed by atoms with Crippen LogP contribution in [0.3, 0.4) is 0 Å². The minimum absolute atomic E-state index is 0.315. The first-order valence-electron chi connectivity index (χ1n) is 9.35. The number of thiophene rings is 1. The third-order valence-corrected chi connectivity index (χ3v) is 5.75. The number of fused-ring (bicyclic) bond motifs is 1. The highest BCUT2D eigenvalue weighted by Crippen LogP contribution is 2.25. The summed E-state index contributed by atoms with van der Waals surface area (Å²) in [6.45, 7) is 7.85. The maximum atomic E-state index is 10.7. The monoisotopic (exact) mass is 384 g/mol. The van der Waals surface area contributed by atoms with Crippen molar-refractivity contribution in [3.8, 4) is 0 Å². The van der Waals surface area contributed by atoms with Crippen LogP contribution in [0.5, 0.6) is 0 Å². The number of hydrogen-bond acceptors (Lipinski definition) is 3. The lowest BCUT2D eigenvalue weighted by molar-refractivity contribution is 0.0711. The van der Waals surface area contributed by atoms with Crippen LogP contribution in [0.15, 0.2) is 46.9 Å². The van der Waals surface area contributed by atoms with Crippen molar-refractivity contribution in [3.63, 3.8) is 0 Å². The Morgan fingerprint density at radius 3 is 2.85 bits per heavy atom. The topological polar surface area (TPSA) is 72.4 Å². The number of aliphatic imine (C=N–C) groups is 1. The zero-order valence-corrected chi connectivity index (χ0v) is 17.0. The van der Waals surface area contributed by atoms with E-state index in [1.54, 1.807) is 18.3 Å². The van der Waals surface area contributed by atoms with Crippen LogP contribution in [0.2, 0.25) is 0 Å². The van der Waals surface area contributed by atoms with E-state index in [9.17, 15) is 5.11 Å². The van der Waals surface area contributed by atoms with E-state index in [1.807, 2.05) is 24.4 Å². The van der Waals surface area contributed by atoms with Gasteiger partial charge in [0.1, 0.15) is 5.60 Å².